The van der Waals surface area contributed by atoms with Crippen molar-refractivity contribution >= 4 is 0 Å². The molecule has 24 heavy (non-hydrogen) atoms. The molecule has 0 fully saturated rings. The van der Waals surface area contributed by atoms with E-state index in [2.05, 4.69) is 29.4 Å². The fourth-order valence-corrected chi connectivity index (χ4v) is 2.10. The average Bonchev–Trinajstić information content (AvgIpc) is 3.14. The van der Waals surface area contributed by atoms with Gasteiger partial charge in [-0.3, -0.25) is 0 Å². The topological polar surface area (TPSA) is 51.0 Å². The first-order valence-electron chi connectivity index (χ1n) is 8.50. The molecule has 0 radical (unpaired) electrons. The van der Waals surface area contributed by atoms with Gasteiger partial charge in [0.05, 0.1) is 0 Å². The van der Waals surface area contributed by atoms with E-state index in [9.17, 15) is 0 Å². The second-order valence-electron chi connectivity index (χ2n) is 5.39. The standard InChI is InChI=1S/C14H10N2O.C6H15N/c1-3-7-11(8-4-1)13-15-16-14(17-13)12-9-5-2-6-10-12;1-3-5-7-6-4-2/h1-10H;7H,3-6H2,1-2H3. The molecule has 3 rings (SSSR count). The maximum absolute atomic E-state index is 5.63. The van der Waals surface area contributed by atoms with Crippen molar-refractivity contribution in [3.63, 3.8) is 0 Å². The molecule has 0 saturated carbocycles. The van der Waals surface area contributed by atoms with Crippen molar-refractivity contribution in [2.45, 2.75) is 26.7 Å². The van der Waals surface area contributed by atoms with Crippen LogP contribution in [0.5, 0.6) is 0 Å². The molecule has 0 spiro atoms. The summed E-state index contributed by atoms with van der Waals surface area (Å²) in [7, 11) is 0. The molecule has 0 unspecified atom stereocenters. The number of nitrogens with one attached hydrogen (secondary N) is 1. The third-order valence-electron chi connectivity index (χ3n) is 3.32. The van der Waals surface area contributed by atoms with Gasteiger partial charge in [-0.05, 0) is 50.2 Å². The van der Waals surface area contributed by atoms with Gasteiger partial charge in [0.15, 0.2) is 0 Å². The zero-order valence-electron chi connectivity index (χ0n) is 14.4. The molecule has 4 nitrogen and oxygen atoms in total. The Morgan fingerprint density at radius 3 is 1.50 bits per heavy atom. The van der Waals surface area contributed by atoms with E-state index in [4.69, 9.17) is 4.42 Å². The zero-order valence-corrected chi connectivity index (χ0v) is 14.4. The molecule has 0 atom stereocenters. The maximum Gasteiger partial charge on any atom is 0.248 e. The Morgan fingerprint density at radius 1 is 0.708 bits per heavy atom. The summed E-state index contributed by atoms with van der Waals surface area (Å²) in [6.45, 7) is 6.72. The highest BCUT2D eigenvalue weighted by molar-refractivity contribution is 5.57. The summed E-state index contributed by atoms with van der Waals surface area (Å²) in [5.41, 5.74) is 1.87. The number of benzene rings is 2. The fourth-order valence-electron chi connectivity index (χ4n) is 2.10. The molecule has 0 aliphatic heterocycles. The van der Waals surface area contributed by atoms with E-state index >= 15 is 0 Å². The lowest BCUT2D eigenvalue weighted by molar-refractivity contribution is 0.584. The molecule has 4 heteroatoms. The highest BCUT2D eigenvalue weighted by Gasteiger charge is 2.08. The van der Waals surface area contributed by atoms with Gasteiger partial charge in [0.25, 0.3) is 0 Å². The number of hydrogen-bond acceptors (Lipinski definition) is 4. The van der Waals surface area contributed by atoms with Gasteiger partial charge in [0.2, 0.25) is 11.8 Å². The molecular weight excluding hydrogens is 298 g/mol. The largest absolute Gasteiger partial charge is 0.416 e. The van der Waals surface area contributed by atoms with Gasteiger partial charge in [0, 0.05) is 11.1 Å². The minimum Gasteiger partial charge on any atom is -0.416 e. The van der Waals surface area contributed by atoms with Crippen molar-refractivity contribution < 1.29 is 4.42 Å². The Balaban J connectivity index is 0.000000256. The summed E-state index contributed by atoms with van der Waals surface area (Å²) in [6.07, 6.45) is 2.50. The van der Waals surface area contributed by atoms with E-state index in [-0.39, 0.29) is 0 Å². The van der Waals surface area contributed by atoms with Gasteiger partial charge in [-0.25, -0.2) is 0 Å². The molecule has 0 aliphatic rings. The molecule has 0 bridgehead atoms. The van der Waals surface area contributed by atoms with E-state index in [0.717, 1.165) is 11.1 Å². The summed E-state index contributed by atoms with van der Waals surface area (Å²) < 4.78 is 5.63. The summed E-state index contributed by atoms with van der Waals surface area (Å²) >= 11 is 0. The Hall–Kier alpha value is -2.46. The van der Waals surface area contributed by atoms with Crippen LogP contribution in [0.3, 0.4) is 0 Å². The first-order valence-corrected chi connectivity index (χ1v) is 8.50. The maximum atomic E-state index is 5.63. The molecular formula is C20H25N3O. The van der Waals surface area contributed by atoms with E-state index in [0.29, 0.717) is 11.8 Å². The van der Waals surface area contributed by atoms with Crippen LogP contribution in [0.25, 0.3) is 22.9 Å². The van der Waals surface area contributed by atoms with Crippen LogP contribution < -0.4 is 5.32 Å². The number of nitrogens with zero attached hydrogens (tertiary/aromatic N) is 2. The predicted molar refractivity (Wildman–Crippen MR) is 98.6 cm³/mol. The summed E-state index contributed by atoms with van der Waals surface area (Å²) in [4.78, 5) is 0. The van der Waals surface area contributed by atoms with E-state index in [1.807, 2.05) is 60.7 Å². The van der Waals surface area contributed by atoms with Crippen LogP contribution in [0.15, 0.2) is 65.1 Å². The van der Waals surface area contributed by atoms with Crippen molar-refractivity contribution in [3.05, 3.63) is 60.7 Å². The molecule has 0 aliphatic carbocycles. The number of rotatable bonds is 6. The molecule has 1 heterocycles. The molecule has 1 aromatic heterocycles. The molecule has 0 saturated heterocycles. The average molecular weight is 323 g/mol. The van der Waals surface area contributed by atoms with Gasteiger partial charge in [-0.2, -0.15) is 0 Å². The van der Waals surface area contributed by atoms with Crippen LogP contribution in [0.4, 0.5) is 0 Å². The lowest BCUT2D eigenvalue weighted by atomic mass is 10.2. The lowest BCUT2D eigenvalue weighted by Gasteiger charge is -1.95. The van der Waals surface area contributed by atoms with Crippen LogP contribution in [-0.4, -0.2) is 23.3 Å². The zero-order chi connectivity index (χ0) is 17.0. The van der Waals surface area contributed by atoms with Crippen LogP contribution in [-0.2, 0) is 0 Å². The van der Waals surface area contributed by atoms with E-state index in [1.54, 1.807) is 0 Å². The third-order valence-corrected chi connectivity index (χ3v) is 3.32. The monoisotopic (exact) mass is 323 g/mol. The summed E-state index contributed by atoms with van der Waals surface area (Å²) in [6, 6.07) is 19.5. The number of aromatic nitrogens is 2. The van der Waals surface area contributed by atoms with Crippen molar-refractivity contribution in [3.8, 4) is 22.9 Å². The smallest absolute Gasteiger partial charge is 0.248 e. The number of hydrogen-bond donors (Lipinski definition) is 1. The molecule has 3 aromatic rings. The van der Waals surface area contributed by atoms with Gasteiger partial charge < -0.3 is 9.73 Å². The molecule has 1 N–H and O–H groups in total. The van der Waals surface area contributed by atoms with Gasteiger partial charge in [-0.15, -0.1) is 10.2 Å². The van der Waals surface area contributed by atoms with Crippen molar-refractivity contribution in [2.24, 2.45) is 0 Å². The Morgan fingerprint density at radius 2 is 1.12 bits per heavy atom. The van der Waals surface area contributed by atoms with Crippen molar-refractivity contribution in [2.75, 3.05) is 13.1 Å². The minimum atomic E-state index is 0.546. The first-order chi connectivity index (χ1) is 11.8. The quantitative estimate of drug-likeness (QED) is 0.662. The Labute approximate surface area is 143 Å². The van der Waals surface area contributed by atoms with E-state index < -0.39 is 0 Å². The van der Waals surface area contributed by atoms with Gasteiger partial charge in [0.1, 0.15) is 0 Å². The molecule has 2 aromatic carbocycles. The molecule has 0 amide bonds. The SMILES string of the molecule is CCCNCCC.c1ccc(-c2nnc(-c3ccccc3)o2)cc1. The fraction of sp³-hybridized carbons (Fsp3) is 0.300. The third kappa shape index (κ3) is 5.63. The van der Waals surface area contributed by atoms with Crippen LogP contribution in [0, 0.1) is 0 Å². The van der Waals surface area contributed by atoms with Crippen LogP contribution in [0.1, 0.15) is 26.7 Å². The van der Waals surface area contributed by atoms with Crippen LogP contribution in [0.2, 0.25) is 0 Å². The first kappa shape index (κ1) is 17.9. The normalized spacial score (nSPS) is 10.1. The second kappa shape index (κ2) is 10.3. The van der Waals surface area contributed by atoms with Gasteiger partial charge >= 0.3 is 0 Å². The Kier molecular flexibility index (Phi) is 7.71. The van der Waals surface area contributed by atoms with E-state index in [1.165, 1.54) is 25.9 Å². The Bertz CT molecular complexity index is 622. The van der Waals surface area contributed by atoms with Crippen molar-refractivity contribution in [1.29, 1.82) is 0 Å². The molecule has 126 valence electrons. The highest BCUT2D eigenvalue weighted by Crippen LogP contribution is 2.22. The minimum absolute atomic E-state index is 0.546. The lowest BCUT2D eigenvalue weighted by Crippen LogP contribution is -2.14. The highest BCUT2D eigenvalue weighted by atomic mass is 16.4. The summed E-state index contributed by atoms with van der Waals surface area (Å²) in [5.74, 6) is 1.09. The van der Waals surface area contributed by atoms with Crippen LogP contribution >= 0.6 is 0 Å². The van der Waals surface area contributed by atoms with Crippen molar-refractivity contribution in [1.82, 2.24) is 15.5 Å². The predicted octanol–water partition coefficient (Wildman–Crippen LogP) is 4.80. The van der Waals surface area contributed by atoms with Gasteiger partial charge in [-0.1, -0.05) is 50.2 Å². The summed E-state index contributed by atoms with van der Waals surface area (Å²) in [5, 5.41) is 11.4. The second-order valence-corrected chi connectivity index (χ2v) is 5.39.